The Hall–Kier alpha value is -2.41. The number of nitrogens with zero attached hydrogens (tertiary/aromatic N) is 1. The van der Waals surface area contributed by atoms with Gasteiger partial charge in [0.2, 0.25) is 0 Å². The van der Waals surface area contributed by atoms with E-state index in [2.05, 4.69) is 39.8 Å². The molecule has 2 aromatic rings. The third-order valence-corrected chi connectivity index (χ3v) is 6.29. The van der Waals surface area contributed by atoms with Crippen molar-refractivity contribution in [2.24, 2.45) is 5.92 Å². The average molecular weight is 424 g/mol. The van der Waals surface area contributed by atoms with Gasteiger partial charge in [-0.05, 0) is 24.0 Å². The average Bonchev–Trinajstić information content (AvgIpc) is 3.35. The van der Waals surface area contributed by atoms with Gasteiger partial charge in [0.15, 0.2) is 0 Å². The Morgan fingerprint density at radius 2 is 1.68 bits per heavy atom. The molecule has 3 atom stereocenters. The molecule has 6 heteroatoms. The van der Waals surface area contributed by atoms with Gasteiger partial charge in [-0.3, -0.25) is 4.90 Å². The first-order valence-corrected chi connectivity index (χ1v) is 11.3. The van der Waals surface area contributed by atoms with E-state index in [1.165, 1.54) is 5.56 Å². The van der Waals surface area contributed by atoms with Crippen molar-refractivity contribution < 1.29 is 14.3 Å². The number of hydrogen-bond donors (Lipinski definition) is 2. The van der Waals surface area contributed by atoms with E-state index < -0.39 is 0 Å². The predicted molar refractivity (Wildman–Crippen MR) is 121 cm³/mol. The first-order valence-electron chi connectivity index (χ1n) is 11.3. The lowest BCUT2D eigenvalue weighted by atomic mass is 9.97. The molecule has 2 N–H and O–H groups in total. The van der Waals surface area contributed by atoms with Crippen molar-refractivity contribution in [2.45, 2.75) is 24.9 Å². The van der Waals surface area contributed by atoms with Crippen LogP contribution in [0.1, 0.15) is 23.6 Å². The molecule has 2 heterocycles. The lowest BCUT2D eigenvalue weighted by Gasteiger charge is -2.37. The fourth-order valence-corrected chi connectivity index (χ4v) is 4.55. The number of morpholine rings is 1. The number of nitrogens with one attached hydrogen (secondary N) is 2. The Labute approximate surface area is 184 Å². The van der Waals surface area contributed by atoms with Crippen molar-refractivity contribution in [1.29, 1.82) is 0 Å². The standard InChI is InChI=1S/C25H33N3O3/c29-25(26-18-24(22-11-14-31-19-22)28-12-15-30-16-13-28)27-23(21-9-5-2-6-10-21)17-20-7-3-1-4-8-20/h1-10,22-24H,11-19H2,(H2,26,27,29)/t22-,23+,24+/m0/s1. The van der Waals surface area contributed by atoms with Crippen molar-refractivity contribution in [3.63, 3.8) is 0 Å². The van der Waals surface area contributed by atoms with Gasteiger partial charge >= 0.3 is 6.03 Å². The molecular weight excluding hydrogens is 390 g/mol. The summed E-state index contributed by atoms with van der Waals surface area (Å²) in [6.07, 6.45) is 1.80. The van der Waals surface area contributed by atoms with Crippen LogP contribution in [-0.2, 0) is 15.9 Å². The van der Waals surface area contributed by atoms with Crippen LogP contribution in [-0.4, -0.2) is 63.0 Å². The number of urea groups is 1. The molecule has 6 nitrogen and oxygen atoms in total. The van der Waals surface area contributed by atoms with E-state index in [4.69, 9.17) is 9.47 Å². The number of ether oxygens (including phenoxy) is 2. The Morgan fingerprint density at radius 3 is 2.35 bits per heavy atom. The van der Waals surface area contributed by atoms with Gasteiger partial charge in [0.25, 0.3) is 0 Å². The molecule has 0 aliphatic carbocycles. The highest BCUT2D eigenvalue weighted by Gasteiger charge is 2.32. The van der Waals surface area contributed by atoms with Gasteiger partial charge in [0.1, 0.15) is 0 Å². The fraction of sp³-hybridized carbons (Fsp3) is 0.480. The summed E-state index contributed by atoms with van der Waals surface area (Å²) in [4.78, 5) is 15.4. The molecule has 2 amide bonds. The monoisotopic (exact) mass is 423 g/mol. The van der Waals surface area contributed by atoms with Crippen LogP contribution in [0.15, 0.2) is 60.7 Å². The van der Waals surface area contributed by atoms with Crippen LogP contribution >= 0.6 is 0 Å². The molecule has 0 bridgehead atoms. The molecule has 2 aliphatic rings. The second kappa shape index (κ2) is 11.3. The summed E-state index contributed by atoms with van der Waals surface area (Å²) < 4.78 is 11.2. The maximum Gasteiger partial charge on any atom is 0.315 e. The number of hydrogen-bond acceptors (Lipinski definition) is 4. The number of amides is 2. The molecule has 0 aromatic heterocycles. The highest BCUT2D eigenvalue weighted by atomic mass is 16.5. The number of carbonyl (C=O) groups is 1. The second-order valence-electron chi connectivity index (χ2n) is 8.35. The quantitative estimate of drug-likeness (QED) is 0.685. The molecule has 0 unspecified atom stereocenters. The lowest BCUT2D eigenvalue weighted by molar-refractivity contribution is 0.00211. The molecular formula is C25H33N3O3. The van der Waals surface area contributed by atoms with E-state index in [1.54, 1.807) is 0 Å². The van der Waals surface area contributed by atoms with Crippen molar-refractivity contribution in [3.05, 3.63) is 71.8 Å². The molecule has 0 radical (unpaired) electrons. The van der Waals surface area contributed by atoms with Crippen LogP contribution in [0.25, 0.3) is 0 Å². The molecule has 166 valence electrons. The van der Waals surface area contributed by atoms with Gasteiger partial charge in [-0.15, -0.1) is 0 Å². The van der Waals surface area contributed by atoms with Crippen LogP contribution in [0.5, 0.6) is 0 Å². The third-order valence-electron chi connectivity index (χ3n) is 6.29. The highest BCUT2D eigenvalue weighted by molar-refractivity contribution is 5.74. The van der Waals surface area contributed by atoms with Gasteiger partial charge in [0.05, 0.1) is 25.9 Å². The number of benzene rings is 2. The van der Waals surface area contributed by atoms with Crippen LogP contribution in [0.4, 0.5) is 4.79 Å². The van der Waals surface area contributed by atoms with E-state index in [9.17, 15) is 4.79 Å². The zero-order valence-electron chi connectivity index (χ0n) is 18.0. The molecule has 0 saturated carbocycles. The van der Waals surface area contributed by atoms with Crippen LogP contribution in [0.3, 0.4) is 0 Å². The zero-order chi connectivity index (χ0) is 21.3. The molecule has 0 spiro atoms. The largest absolute Gasteiger partial charge is 0.381 e. The van der Waals surface area contributed by atoms with Gasteiger partial charge in [0, 0.05) is 38.2 Å². The van der Waals surface area contributed by atoms with E-state index in [1.807, 2.05) is 36.4 Å². The minimum atomic E-state index is -0.123. The minimum absolute atomic E-state index is 0.0831. The normalized spacial score (nSPS) is 21.4. The summed E-state index contributed by atoms with van der Waals surface area (Å²) in [6, 6.07) is 20.5. The Kier molecular flexibility index (Phi) is 7.93. The Morgan fingerprint density at radius 1 is 0.968 bits per heavy atom. The summed E-state index contributed by atoms with van der Waals surface area (Å²) >= 11 is 0. The summed E-state index contributed by atoms with van der Waals surface area (Å²) in [6.45, 7) is 5.52. The van der Waals surface area contributed by atoms with Gasteiger partial charge in [-0.25, -0.2) is 4.79 Å². The van der Waals surface area contributed by atoms with E-state index in [0.717, 1.165) is 57.9 Å². The number of rotatable bonds is 8. The maximum atomic E-state index is 12.9. The van der Waals surface area contributed by atoms with E-state index in [-0.39, 0.29) is 18.1 Å². The molecule has 4 rings (SSSR count). The van der Waals surface area contributed by atoms with E-state index >= 15 is 0 Å². The first-order chi connectivity index (χ1) is 15.3. The Balaban J connectivity index is 1.39. The summed E-state index contributed by atoms with van der Waals surface area (Å²) in [5.41, 5.74) is 2.31. The highest BCUT2D eigenvalue weighted by Crippen LogP contribution is 2.22. The van der Waals surface area contributed by atoms with Crippen molar-refractivity contribution in [3.8, 4) is 0 Å². The second-order valence-corrected chi connectivity index (χ2v) is 8.35. The summed E-state index contributed by atoms with van der Waals surface area (Å²) in [7, 11) is 0. The zero-order valence-corrected chi connectivity index (χ0v) is 18.0. The van der Waals surface area contributed by atoms with Crippen molar-refractivity contribution >= 4 is 6.03 Å². The molecule has 31 heavy (non-hydrogen) atoms. The molecule has 2 aliphatic heterocycles. The summed E-state index contributed by atoms with van der Waals surface area (Å²) in [5, 5.41) is 6.36. The van der Waals surface area contributed by atoms with Gasteiger partial charge in [-0.2, -0.15) is 0 Å². The van der Waals surface area contributed by atoms with Crippen molar-refractivity contribution in [1.82, 2.24) is 15.5 Å². The Bertz CT molecular complexity index is 790. The van der Waals surface area contributed by atoms with E-state index in [0.29, 0.717) is 12.5 Å². The van der Waals surface area contributed by atoms with Crippen LogP contribution in [0, 0.1) is 5.92 Å². The SMILES string of the molecule is O=C(NC[C@H]([C@H]1CCOC1)N1CCOCC1)N[C@H](Cc1ccccc1)c1ccccc1. The molecule has 2 fully saturated rings. The predicted octanol–water partition coefficient (Wildman–Crippen LogP) is 3.01. The van der Waals surface area contributed by atoms with Crippen molar-refractivity contribution in [2.75, 3.05) is 46.1 Å². The molecule has 2 saturated heterocycles. The molecule has 2 aromatic carbocycles. The topological polar surface area (TPSA) is 62.8 Å². The lowest BCUT2D eigenvalue weighted by Crippen LogP contribution is -2.53. The first kappa shape index (κ1) is 21.8. The number of carbonyl (C=O) groups excluding carboxylic acids is 1. The van der Waals surface area contributed by atoms with Crippen LogP contribution < -0.4 is 10.6 Å². The maximum absolute atomic E-state index is 12.9. The minimum Gasteiger partial charge on any atom is -0.381 e. The fourth-order valence-electron chi connectivity index (χ4n) is 4.55. The van der Waals surface area contributed by atoms with Gasteiger partial charge in [-0.1, -0.05) is 60.7 Å². The summed E-state index contributed by atoms with van der Waals surface area (Å²) in [5.74, 6) is 0.452. The third kappa shape index (κ3) is 6.29. The van der Waals surface area contributed by atoms with Crippen LogP contribution in [0.2, 0.25) is 0 Å². The van der Waals surface area contributed by atoms with Gasteiger partial charge < -0.3 is 20.1 Å². The smallest absolute Gasteiger partial charge is 0.315 e.